The lowest BCUT2D eigenvalue weighted by Crippen LogP contribution is -1.44. The average molecular weight is 267 g/mol. The zero-order valence-electron chi connectivity index (χ0n) is 4.19. The molecule has 9 heavy (non-hydrogen) atoms. The summed E-state index contributed by atoms with van der Waals surface area (Å²) >= 11 is 7.99. The molecule has 46 valence electrons. The van der Waals surface area contributed by atoms with Gasteiger partial charge in [0.25, 0.3) is 0 Å². The number of nitrogens with zero attached hydrogens (tertiary/aromatic N) is 1. The average Bonchev–Trinajstić information content (AvgIpc) is 2.13. The molecule has 1 heterocycles. The molecule has 0 saturated carbocycles. The highest BCUT2D eigenvalue weighted by Crippen LogP contribution is 2.37. The van der Waals surface area contributed by atoms with Crippen LogP contribution in [0, 0.1) is 6.57 Å². The van der Waals surface area contributed by atoms with Gasteiger partial charge in [-0.1, -0.05) is 15.9 Å². The molecule has 0 aliphatic rings. The van der Waals surface area contributed by atoms with Gasteiger partial charge >= 0.3 is 0 Å². The zero-order chi connectivity index (χ0) is 6.85. The monoisotopic (exact) mass is 265 g/mol. The van der Waals surface area contributed by atoms with E-state index in [4.69, 9.17) is 6.57 Å². The van der Waals surface area contributed by atoms with E-state index in [1.807, 2.05) is 0 Å². The smallest absolute Gasteiger partial charge is 0.227 e. The van der Waals surface area contributed by atoms with E-state index in [1.165, 1.54) is 11.3 Å². The maximum absolute atomic E-state index is 6.65. The summed E-state index contributed by atoms with van der Waals surface area (Å²) in [6, 6.07) is 1.79. The van der Waals surface area contributed by atoms with Crippen molar-refractivity contribution in [3.8, 4) is 0 Å². The fourth-order valence-electron chi connectivity index (χ4n) is 0.390. The second-order valence-corrected chi connectivity index (χ2v) is 4.52. The number of hydrogen-bond donors (Lipinski definition) is 0. The summed E-state index contributed by atoms with van der Waals surface area (Å²) < 4.78 is 1.94. The van der Waals surface area contributed by atoms with Gasteiger partial charge in [0, 0.05) is 4.47 Å². The number of thiophene rings is 1. The van der Waals surface area contributed by atoms with Crippen molar-refractivity contribution in [2.45, 2.75) is 0 Å². The first-order valence-corrected chi connectivity index (χ1v) is 4.46. The molecular weight excluding hydrogens is 266 g/mol. The largest absolute Gasteiger partial charge is 0.243 e. The lowest BCUT2D eigenvalue weighted by atomic mass is 10.6. The SMILES string of the molecule is [C-]#[N+]c1cc(Br)c(Br)s1. The van der Waals surface area contributed by atoms with Gasteiger partial charge in [0.2, 0.25) is 5.00 Å². The molecule has 1 rings (SSSR count). The lowest BCUT2D eigenvalue weighted by molar-refractivity contribution is 1.84. The van der Waals surface area contributed by atoms with Crippen LogP contribution >= 0.6 is 43.2 Å². The highest BCUT2D eigenvalue weighted by Gasteiger charge is 2.00. The molecule has 0 unspecified atom stereocenters. The van der Waals surface area contributed by atoms with E-state index < -0.39 is 0 Å². The molecule has 0 spiro atoms. The molecule has 0 aliphatic heterocycles. The summed E-state index contributed by atoms with van der Waals surface area (Å²) in [4.78, 5) is 3.26. The van der Waals surface area contributed by atoms with Gasteiger partial charge in [-0.2, -0.15) is 0 Å². The van der Waals surface area contributed by atoms with Crippen LogP contribution in [0.2, 0.25) is 0 Å². The number of halogens is 2. The molecule has 1 nitrogen and oxygen atoms in total. The van der Waals surface area contributed by atoms with E-state index >= 15 is 0 Å². The third-order valence-corrected chi connectivity index (χ3v) is 3.89. The first-order valence-electron chi connectivity index (χ1n) is 2.06. The molecule has 0 radical (unpaired) electrons. The molecule has 0 N–H and O–H groups in total. The molecule has 0 amide bonds. The van der Waals surface area contributed by atoms with Crippen LogP contribution in [0.25, 0.3) is 4.85 Å². The fourth-order valence-corrected chi connectivity index (χ4v) is 2.18. The minimum atomic E-state index is 0.703. The van der Waals surface area contributed by atoms with Crippen molar-refractivity contribution in [2.75, 3.05) is 0 Å². The van der Waals surface area contributed by atoms with Crippen LogP contribution in [0.3, 0.4) is 0 Å². The van der Waals surface area contributed by atoms with Gasteiger partial charge in [-0.15, -0.1) is 11.3 Å². The van der Waals surface area contributed by atoms with Crippen LogP contribution in [-0.2, 0) is 0 Å². The summed E-state index contributed by atoms with van der Waals surface area (Å²) in [7, 11) is 0. The Kier molecular flexibility index (Phi) is 2.28. The Bertz CT molecular complexity index is 241. The molecule has 4 heteroatoms. The third kappa shape index (κ3) is 1.54. The standard InChI is InChI=1S/C5HBr2NS/c1-8-4-2-3(6)5(7)9-4/h2H. The van der Waals surface area contributed by atoms with Gasteiger partial charge in [0.15, 0.2) is 0 Å². The van der Waals surface area contributed by atoms with E-state index in [-0.39, 0.29) is 0 Å². The Morgan fingerprint density at radius 1 is 1.56 bits per heavy atom. The van der Waals surface area contributed by atoms with Gasteiger partial charge in [0.05, 0.1) is 10.4 Å². The molecular formula is C5HBr2NS. The minimum Gasteiger partial charge on any atom is -0.227 e. The van der Waals surface area contributed by atoms with Gasteiger partial charge in [-0.05, 0) is 22.0 Å². The fraction of sp³-hybridized carbons (Fsp3) is 0. The van der Waals surface area contributed by atoms with Gasteiger partial charge in [-0.3, -0.25) is 0 Å². The maximum Gasteiger partial charge on any atom is 0.243 e. The summed E-state index contributed by atoms with van der Waals surface area (Å²) in [5.74, 6) is 0. The predicted octanol–water partition coefficient (Wildman–Crippen LogP) is 3.82. The van der Waals surface area contributed by atoms with E-state index in [0.717, 1.165) is 8.26 Å². The first kappa shape index (κ1) is 7.26. The second-order valence-electron chi connectivity index (χ2n) is 1.32. The molecule has 0 aliphatic carbocycles. The van der Waals surface area contributed by atoms with Crippen LogP contribution in [0.1, 0.15) is 0 Å². The molecule has 0 fully saturated rings. The van der Waals surface area contributed by atoms with E-state index in [0.29, 0.717) is 5.00 Å². The Hall–Kier alpha value is 0.150. The van der Waals surface area contributed by atoms with Crippen molar-refractivity contribution in [1.29, 1.82) is 0 Å². The van der Waals surface area contributed by atoms with Crippen molar-refractivity contribution in [3.05, 3.63) is 25.7 Å². The predicted molar refractivity (Wildman–Crippen MR) is 46.0 cm³/mol. The van der Waals surface area contributed by atoms with Crippen LogP contribution in [-0.4, -0.2) is 0 Å². The van der Waals surface area contributed by atoms with Gasteiger partial charge < -0.3 is 0 Å². The molecule has 1 aromatic heterocycles. The van der Waals surface area contributed by atoms with Crippen molar-refractivity contribution in [2.24, 2.45) is 0 Å². The normalized spacial score (nSPS) is 9.00. The Morgan fingerprint density at radius 3 is 2.44 bits per heavy atom. The van der Waals surface area contributed by atoms with Crippen molar-refractivity contribution in [3.63, 3.8) is 0 Å². The molecule has 1 aromatic rings. The highest BCUT2D eigenvalue weighted by atomic mass is 79.9. The van der Waals surface area contributed by atoms with Crippen molar-refractivity contribution < 1.29 is 0 Å². The summed E-state index contributed by atoms with van der Waals surface area (Å²) in [5.41, 5.74) is 0. The summed E-state index contributed by atoms with van der Waals surface area (Å²) in [5, 5.41) is 0.703. The van der Waals surface area contributed by atoms with Crippen molar-refractivity contribution in [1.82, 2.24) is 0 Å². The van der Waals surface area contributed by atoms with E-state index in [2.05, 4.69) is 36.7 Å². The molecule has 0 bridgehead atoms. The zero-order valence-corrected chi connectivity index (χ0v) is 8.18. The molecule has 0 saturated heterocycles. The number of rotatable bonds is 0. The maximum atomic E-state index is 6.65. The number of hydrogen-bond acceptors (Lipinski definition) is 1. The lowest BCUT2D eigenvalue weighted by Gasteiger charge is -1.75. The van der Waals surface area contributed by atoms with Crippen LogP contribution in [0.15, 0.2) is 14.3 Å². The Balaban J connectivity index is 3.16. The van der Waals surface area contributed by atoms with Crippen LogP contribution in [0.4, 0.5) is 5.00 Å². The van der Waals surface area contributed by atoms with E-state index in [1.54, 1.807) is 6.07 Å². The van der Waals surface area contributed by atoms with E-state index in [9.17, 15) is 0 Å². The van der Waals surface area contributed by atoms with Gasteiger partial charge in [-0.25, -0.2) is 4.85 Å². The quantitative estimate of drug-likeness (QED) is 0.629. The topological polar surface area (TPSA) is 4.36 Å². The molecule has 0 atom stereocenters. The first-order chi connectivity index (χ1) is 4.24. The van der Waals surface area contributed by atoms with Crippen molar-refractivity contribution >= 4 is 48.2 Å². The molecule has 0 aromatic carbocycles. The minimum absolute atomic E-state index is 0.703. The highest BCUT2D eigenvalue weighted by molar-refractivity contribution is 9.13. The Labute approximate surface area is 73.8 Å². The van der Waals surface area contributed by atoms with Gasteiger partial charge in [0.1, 0.15) is 0 Å². The van der Waals surface area contributed by atoms with Crippen LogP contribution < -0.4 is 0 Å². The third-order valence-electron chi connectivity index (χ3n) is 0.742. The Morgan fingerprint density at radius 2 is 2.22 bits per heavy atom. The summed E-state index contributed by atoms with van der Waals surface area (Å²) in [6.07, 6.45) is 0. The summed E-state index contributed by atoms with van der Waals surface area (Å²) in [6.45, 7) is 6.65. The van der Waals surface area contributed by atoms with Crippen LogP contribution in [0.5, 0.6) is 0 Å². The second kappa shape index (κ2) is 2.82.